The summed E-state index contributed by atoms with van der Waals surface area (Å²) < 4.78 is 0. The van der Waals surface area contributed by atoms with E-state index in [1.165, 1.54) is 32.1 Å². The number of hydrogen-bond acceptors (Lipinski definition) is 2. The second-order valence-corrected chi connectivity index (χ2v) is 5.73. The molecule has 0 unspecified atom stereocenters. The number of aliphatic carboxylic acids is 2. The van der Waals surface area contributed by atoms with Crippen molar-refractivity contribution in [2.24, 2.45) is 0 Å². The number of carboxylic acid groups (broad SMARTS) is 2. The standard InChI is InChI=1S/C19H26O4/c1-2-3-4-5-6-7-8-11-15-12-9-10-13-16(15)17(19(22)23)14-18(20)21/h9-10,12-14H,2-8,11H2,1H3,(H,20,21)(H,22,23)/b17-14-. The van der Waals surface area contributed by atoms with Gasteiger partial charge in [-0.2, -0.15) is 0 Å². The Hall–Kier alpha value is -2.10. The van der Waals surface area contributed by atoms with E-state index in [4.69, 9.17) is 5.11 Å². The van der Waals surface area contributed by atoms with Crippen LogP contribution in [0.25, 0.3) is 5.57 Å². The van der Waals surface area contributed by atoms with Crippen molar-refractivity contribution < 1.29 is 19.8 Å². The van der Waals surface area contributed by atoms with Gasteiger partial charge in [-0.3, -0.25) is 0 Å². The summed E-state index contributed by atoms with van der Waals surface area (Å²) in [6, 6.07) is 7.16. The van der Waals surface area contributed by atoms with Gasteiger partial charge in [0.05, 0.1) is 5.57 Å². The highest BCUT2D eigenvalue weighted by Gasteiger charge is 2.15. The first-order valence-electron chi connectivity index (χ1n) is 8.32. The number of carbonyl (C=O) groups is 2. The smallest absolute Gasteiger partial charge is 0.336 e. The van der Waals surface area contributed by atoms with Crippen LogP contribution in [0.5, 0.6) is 0 Å². The van der Waals surface area contributed by atoms with Gasteiger partial charge >= 0.3 is 11.9 Å². The second-order valence-electron chi connectivity index (χ2n) is 5.73. The normalized spacial score (nSPS) is 11.4. The van der Waals surface area contributed by atoms with Crippen LogP contribution in [0.3, 0.4) is 0 Å². The molecule has 1 rings (SSSR count). The summed E-state index contributed by atoms with van der Waals surface area (Å²) in [5.41, 5.74) is 1.25. The summed E-state index contributed by atoms with van der Waals surface area (Å²) in [5.74, 6) is -2.45. The number of rotatable bonds is 11. The lowest BCUT2D eigenvalue weighted by Gasteiger charge is -2.10. The Kier molecular flexibility index (Phi) is 8.73. The number of unbranched alkanes of at least 4 members (excludes halogenated alkanes) is 6. The van der Waals surface area contributed by atoms with Crippen molar-refractivity contribution in [1.82, 2.24) is 0 Å². The van der Waals surface area contributed by atoms with E-state index in [-0.39, 0.29) is 5.57 Å². The van der Waals surface area contributed by atoms with E-state index >= 15 is 0 Å². The van der Waals surface area contributed by atoms with Crippen LogP contribution in [-0.4, -0.2) is 22.2 Å². The van der Waals surface area contributed by atoms with Crippen LogP contribution in [0.1, 0.15) is 63.0 Å². The highest BCUT2D eigenvalue weighted by Crippen LogP contribution is 2.22. The molecule has 0 heterocycles. The van der Waals surface area contributed by atoms with E-state index in [9.17, 15) is 14.7 Å². The highest BCUT2D eigenvalue weighted by atomic mass is 16.4. The SMILES string of the molecule is CCCCCCCCCc1ccccc1/C(=C/C(=O)O)C(=O)O. The molecule has 4 nitrogen and oxygen atoms in total. The van der Waals surface area contributed by atoms with Gasteiger partial charge < -0.3 is 10.2 Å². The Labute approximate surface area is 137 Å². The van der Waals surface area contributed by atoms with Gasteiger partial charge in [0.2, 0.25) is 0 Å². The second kappa shape index (κ2) is 10.6. The predicted octanol–water partition coefficient (Wildman–Crippen LogP) is 4.53. The van der Waals surface area contributed by atoms with Crippen LogP contribution in [0.4, 0.5) is 0 Å². The minimum Gasteiger partial charge on any atom is -0.478 e. The zero-order valence-corrected chi connectivity index (χ0v) is 13.8. The van der Waals surface area contributed by atoms with Gasteiger partial charge in [-0.1, -0.05) is 69.7 Å². The number of aryl methyl sites for hydroxylation is 1. The largest absolute Gasteiger partial charge is 0.478 e. The Morgan fingerprint density at radius 2 is 1.57 bits per heavy atom. The average molecular weight is 318 g/mol. The van der Waals surface area contributed by atoms with Gasteiger partial charge in [0.1, 0.15) is 0 Å². The van der Waals surface area contributed by atoms with Gasteiger partial charge in [-0.15, -0.1) is 0 Å². The van der Waals surface area contributed by atoms with E-state index in [1.807, 2.05) is 12.1 Å². The van der Waals surface area contributed by atoms with Crippen molar-refractivity contribution in [2.75, 3.05) is 0 Å². The molecule has 0 aromatic heterocycles. The van der Waals surface area contributed by atoms with Gasteiger partial charge in [0.15, 0.2) is 0 Å². The maximum absolute atomic E-state index is 11.3. The van der Waals surface area contributed by atoms with Gasteiger partial charge in [0.25, 0.3) is 0 Å². The minimum atomic E-state index is -1.24. The summed E-state index contributed by atoms with van der Waals surface area (Å²) in [7, 11) is 0. The lowest BCUT2D eigenvalue weighted by atomic mass is 9.95. The molecule has 0 atom stereocenters. The molecular weight excluding hydrogens is 292 g/mol. The van der Waals surface area contributed by atoms with Gasteiger partial charge in [-0.25, -0.2) is 9.59 Å². The maximum Gasteiger partial charge on any atom is 0.336 e. The van der Waals surface area contributed by atoms with E-state index < -0.39 is 11.9 Å². The third kappa shape index (κ3) is 7.13. The minimum absolute atomic E-state index is 0.156. The summed E-state index contributed by atoms with van der Waals surface area (Å²) in [6.07, 6.45) is 9.88. The Bertz CT molecular complexity index is 546. The van der Waals surface area contributed by atoms with E-state index in [0.717, 1.165) is 30.9 Å². The molecule has 0 aliphatic rings. The van der Waals surface area contributed by atoms with Crippen molar-refractivity contribution in [1.29, 1.82) is 0 Å². The first kappa shape index (κ1) is 18.9. The van der Waals surface area contributed by atoms with Crippen LogP contribution in [-0.2, 0) is 16.0 Å². The number of hydrogen-bond donors (Lipinski definition) is 2. The fraction of sp³-hybridized carbons (Fsp3) is 0.474. The van der Waals surface area contributed by atoms with Gasteiger partial charge in [0, 0.05) is 6.08 Å². The maximum atomic E-state index is 11.3. The van der Waals surface area contributed by atoms with Crippen molar-refractivity contribution in [2.45, 2.75) is 58.3 Å². The third-order valence-electron chi connectivity index (χ3n) is 3.86. The molecule has 1 aromatic rings. The summed E-state index contributed by atoms with van der Waals surface area (Å²) in [4.78, 5) is 22.2. The Morgan fingerprint density at radius 3 is 2.17 bits per heavy atom. The Balaban J connectivity index is 2.66. The number of carboxylic acids is 2. The Morgan fingerprint density at radius 1 is 0.957 bits per heavy atom. The van der Waals surface area contributed by atoms with Crippen LogP contribution in [0, 0.1) is 0 Å². The van der Waals surface area contributed by atoms with Crippen molar-refractivity contribution in [3.05, 3.63) is 41.5 Å². The zero-order chi connectivity index (χ0) is 17.1. The molecular formula is C19H26O4. The molecule has 0 aliphatic carbocycles. The van der Waals surface area contributed by atoms with E-state index in [2.05, 4.69) is 6.92 Å². The van der Waals surface area contributed by atoms with Crippen molar-refractivity contribution in [3.8, 4) is 0 Å². The molecule has 0 bridgehead atoms. The van der Waals surface area contributed by atoms with Crippen LogP contribution in [0.15, 0.2) is 30.3 Å². The molecule has 0 saturated carbocycles. The topological polar surface area (TPSA) is 74.6 Å². The molecule has 4 heteroatoms. The lowest BCUT2D eigenvalue weighted by molar-refractivity contribution is -0.133. The van der Waals surface area contributed by atoms with E-state index in [1.54, 1.807) is 12.1 Å². The quantitative estimate of drug-likeness (QED) is 0.464. The van der Waals surface area contributed by atoms with Crippen molar-refractivity contribution in [3.63, 3.8) is 0 Å². The molecule has 0 saturated heterocycles. The summed E-state index contributed by atoms with van der Waals surface area (Å²) >= 11 is 0. The fourth-order valence-electron chi connectivity index (χ4n) is 2.65. The number of benzene rings is 1. The first-order valence-corrected chi connectivity index (χ1v) is 8.32. The molecule has 0 radical (unpaired) electrons. The average Bonchev–Trinajstić information content (AvgIpc) is 2.52. The fourth-order valence-corrected chi connectivity index (χ4v) is 2.65. The predicted molar refractivity (Wildman–Crippen MR) is 91.4 cm³/mol. The monoisotopic (exact) mass is 318 g/mol. The molecule has 1 aromatic carbocycles. The zero-order valence-electron chi connectivity index (χ0n) is 13.8. The highest BCUT2D eigenvalue weighted by molar-refractivity contribution is 6.19. The molecule has 23 heavy (non-hydrogen) atoms. The van der Waals surface area contributed by atoms with Crippen LogP contribution in [0.2, 0.25) is 0 Å². The van der Waals surface area contributed by atoms with Gasteiger partial charge in [-0.05, 0) is 24.0 Å². The molecule has 0 fully saturated rings. The summed E-state index contributed by atoms with van der Waals surface area (Å²) in [5, 5.41) is 18.1. The van der Waals surface area contributed by atoms with Crippen molar-refractivity contribution >= 4 is 17.5 Å². The lowest BCUT2D eigenvalue weighted by Crippen LogP contribution is -2.06. The van der Waals surface area contributed by atoms with E-state index in [0.29, 0.717) is 5.56 Å². The van der Waals surface area contributed by atoms with Crippen LogP contribution >= 0.6 is 0 Å². The molecule has 2 N–H and O–H groups in total. The third-order valence-corrected chi connectivity index (χ3v) is 3.86. The summed E-state index contributed by atoms with van der Waals surface area (Å²) in [6.45, 7) is 2.20. The molecule has 0 spiro atoms. The first-order chi connectivity index (χ1) is 11.1. The molecule has 0 amide bonds. The van der Waals surface area contributed by atoms with Crippen LogP contribution < -0.4 is 0 Å². The molecule has 126 valence electrons. The molecule has 0 aliphatic heterocycles.